The number of hydrogen-bond donors (Lipinski definition) is 8. The highest BCUT2D eigenvalue weighted by Gasteiger charge is 2.31. The van der Waals surface area contributed by atoms with Crippen LogP contribution in [0.25, 0.3) is 0 Å². The third-order valence-electron chi connectivity index (χ3n) is 4.68. The van der Waals surface area contributed by atoms with Gasteiger partial charge in [-0.3, -0.25) is 20.2 Å². The molecule has 10 N–H and O–H groups in total. The van der Waals surface area contributed by atoms with E-state index in [9.17, 15) is 34.4 Å². The van der Waals surface area contributed by atoms with Crippen molar-refractivity contribution in [1.82, 2.24) is 20.6 Å². The fourth-order valence-corrected chi connectivity index (χ4v) is 2.82. The van der Waals surface area contributed by atoms with Crippen molar-refractivity contribution in [1.29, 1.82) is 0 Å². The van der Waals surface area contributed by atoms with Gasteiger partial charge in [0.1, 0.15) is 29.4 Å². The molecule has 35 heavy (non-hydrogen) atoms. The maximum Gasteiger partial charge on any atom is 0.275 e. The summed E-state index contributed by atoms with van der Waals surface area (Å²) in [6.45, 7) is 0. The molecule has 0 unspecified atom stereocenters. The van der Waals surface area contributed by atoms with Crippen molar-refractivity contribution in [2.24, 2.45) is 16.7 Å². The van der Waals surface area contributed by atoms with Gasteiger partial charge in [0, 0.05) is 22.8 Å². The number of amidine groups is 1. The highest BCUT2D eigenvalue weighted by molar-refractivity contribution is 5.98. The van der Waals surface area contributed by atoms with Gasteiger partial charge in [0.25, 0.3) is 23.6 Å². The fourth-order valence-electron chi connectivity index (χ4n) is 2.82. The number of amides is 2. The van der Waals surface area contributed by atoms with E-state index in [0.29, 0.717) is 5.56 Å². The first-order chi connectivity index (χ1) is 16.4. The molecule has 0 fully saturated rings. The Morgan fingerprint density at radius 1 is 0.829 bits per heavy atom. The summed E-state index contributed by atoms with van der Waals surface area (Å²) in [6.07, 6.45) is 0.832. The van der Waals surface area contributed by atoms with Crippen LogP contribution in [0.5, 0.6) is 0 Å². The molecule has 0 atom stereocenters. The van der Waals surface area contributed by atoms with E-state index in [1.54, 1.807) is 0 Å². The van der Waals surface area contributed by atoms with Crippen molar-refractivity contribution in [3.63, 3.8) is 0 Å². The third kappa shape index (κ3) is 5.90. The van der Waals surface area contributed by atoms with Crippen molar-refractivity contribution in [3.05, 3.63) is 94.8 Å². The van der Waals surface area contributed by atoms with Crippen molar-refractivity contribution < 1.29 is 34.4 Å². The van der Waals surface area contributed by atoms with Gasteiger partial charge in [-0.2, -0.15) is 5.10 Å². The van der Waals surface area contributed by atoms with Gasteiger partial charge >= 0.3 is 0 Å². The lowest BCUT2D eigenvalue weighted by Crippen LogP contribution is -2.47. The summed E-state index contributed by atoms with van der Waals surface area (Å²) in [5, 5.41) is 48.0. The first-order valence-electron chi connectivity index (χ1n) is 9.70. The number of aromatic nitrogens is 2. The predicted octanol–water partition coefficient (Wildman–Crippen LogP) is -1.76. The number of halogens is 1. The van der Waals surface area contributed by atoms with E-state index in [-0.39, 0.29) is 17.0 Å². The minimum Gasteiger partial charge on any atom is -0.382 e. The topological polar surface area (TPSA) is 229 Å². The van der Waals surface area contributed by atoms with Crippen LogP contribution in [-0.4, -0.2) is 48.0 Å². The Morgan fingerprint density at radius 2 is 1.26 bits per heavy atom. The van der Waals surface area contributed by atoms with Crippen LogP contribution >= 0.6 is 0 Å². The monoisotopic (exact) mass is 485 g/mol. The third-order valence-corrected chi connectivity index (χ3v) is 4.68. The van der Waals surface area contributed by atoms with Crippen molar-refractivity contribution in [2.45, 2.75) is 11.8 Å². The van der Waals surface area contributed by atoms with E-state index in [4.69, 9.17) is 11.6 Å². The summed E-state index contributed by atoms with van der Waals surface area (Å²) >= 11 is 0. The minimum absolute atomic E-state index is 0.00284. The van der Waals surface area contributed by atoms with E-state index >= 15 is 0 Å². The van der Waals surface area contributed by atoms with Gasteiger partial charge in [0.05, 0.1) is 0 Å². The lowest BCUT2D eigenvalue weighted by atomic mass is 10.1. The molecule has 1 heterocycles. The Morgan fingerprint density at radius 3 is 1.69 bits per heavy atom. The fraction of sp³-hybridized carbons (Fsp3) is 0.0952. The van der Waals surface area contributed by atoms with Crippen LogP contribution in [0.4, 0.5) is 4.39 Å². The second kappa shape index (κ2) is 9.78. The van der Waals surface area contributed by atoms with Gasteiger partial charge in [-0.05, 0) is 24.3 Å². The van der Waals surface area contributed by atoms with E-state index < -0.39 is 40.8 Å². The first kappa shape index (κ1) is 25.1. The molecule has 0 aliphatic rings. The second-order valence-corrected chi connectivity index (χ2v) is 7.14. The minimum atomic E-state index is -2.88. The molecule has 2 aromatic carbocycles. The first-order valence-corrected chi connectivity index (χ1v) is 9.70. The molecule has 13 nitrogen and oxygen atoms in total. The molecule has 1 aromatic heterocycles. The second-order valence-electron chi connectivity index (χ2n) is 7.14. The summed E-state index contributed by atoms with van der Waals surface area (Å²) in [4.78, 5) is 32.3. The van der Waals surface area contributed by atoms with E-state index in [0.717, 1.165) is 36.7 Å². The number of hydrazone groups is 1. The summed E-state index contributed by atoms with van der Waals surface area (Å²) in [6, 6.07) is 10.2. The molecular formula is C21H20FN7O6. The number of aliphatic hydroxyl groups is 4. The normalized spacial score (nSPS) is 12.2. The number of carbonyl (C=O) groups is 2. The Labute approximate surface area is 196 Å². The molecule has 14 heteroatoms. The van der Waals surface area contributed by atoms with Gasteiger partial charge in [-0.15, -0.1) is 0 Å². The number of nitrogens with one attached hydrogen (secondary N) is 2. The summed E-state index contributed by atoms with van der Waals surface area (Å²) in [5.74, 6) is -3.48. The maximum absolute atomic E-state index is 13.1. The van der Waals surface area contributed by atoms with E-state index in [2.05, 4.69) is 15.1 Å². The number of carbonyl (C=O) groups excluding carboxylic acids is 2. The number of hydrogen-bond acceptors (Lipinski definition) is 10. The highest BCUT2D eigenvalue weighted by atomic mass is 19.1. The van der Waals surface area contributed by atoms with E-state index in [1.165, 1.54) is 24.3 Å². The Bertz CT molecular complexity index is 1260. The van der Waals surface area contributed by atoms with Crippen molar-refractivity contribution in [3.8, 4) is 0 Å². The predicted molar refractivity (Wildman–Crippen MR) is 117 cm³/mol. The SMILES string of the molecule is N/N=C(\N)c1ccc(C(O)(O)NC(=O)c2cc(C(=O)NC(O)(O)c3ccc(F)cc3)ncn2)cc1. The quantitative estimate of drug-likeness (QED) is 0.0618. The molecule has 0 aliphatic heterocycles. The number of nitrogens with zero attached hydrogens (tertiary/aromatic N) is 3. The zero-order chi connectivity index (χ0) is 25.8. The molecule has 0 spiro atoms. The maximum atomic E-state index is 13.1. The van der Waals surface area contributed by atoms with Gasteiger partial charge in [-0.1, -0.05) is 24.3 Å². The van der Waals surface area contributed by atoms with Gasteiger partial charge in [-0.25, -0.2) is 14.4 Å². The molecule has 2 amide bonds. The molecular weight excluding hydrogens is 465 g/mol. The Balaban J connectivity index is 1.74. The van der Waals surface area contributed by atoms with Gasteiger partial charge in [0.15, 0.2) is 0 Å². The molecule has 3 aromatic rings. The zero-order valence-corrected chi connectivity index (χ0v) is 17.8. The van der Waals surface area contributed by atoms with Crippen molar-refractivity contribution >= 4 is 17.6 Å². The van der Waals surface area contributed by atoms with Crippen LogP contribution in [0.1, 0.15) is 37.7 Å². The molecule has 0 radical (unpaired) electrons. The zero-order valence-electron chi connectivity index (χ0n) is 17.8. The van der Waals surface area contributed by atoms with Crippen LogP contribution < -0.4 is 22.2 Å². The largest absolute Gasteiger partial charge is 0.382 e. The van der Waals surface area contributed by atoms with Crippen LogP contribution in [0.3, 0.4) is 0 Å². The molecule has 3 rings (SSSR count). The van der Waals surface area contributed by atoms with Crippen LogP contribution in [0.2, 0.25) is 0 Å². The molecule has 0 saturated carbocycles. The average Bonchev–Trinajstić information content (AvgIpc) is 2.83. The number of benzene rings is 2. The summed E-state index contributed by atoms with van der Waals surface area (Å²) in [7, 11) is 0. The van der Waals surface area contributed by atoms with Crippen molar-refractivity contribution in [2.75, 3.05) is 0 Å². The number of rotatable bonds is 7. The Hall–Kier alpha value is -4.50. The van der Waals surface area contributed by atoms with Crippen LogP contribution in [-0.2, 0) is 11.8 Å². The lowest BCUT2D eigenvalue weighted by molar-refractivity contribution is -0.186. The van der Waals surface area contributed by atoms with Gasteiger partial charge in [0.2, 0.25) is 0 Å². The van der Waals surface area contributed by atoms with E-state index in [1.807, 2.05) is 10.6 Å². The molecule has 0 bridgehead atoms. The standard InChI is InChI=1S/C21H20FN7O6/c22-14-7-5-13(6-8-14)21(34,35)28-19(31)16-9-15(25-10-26-16)18(30)27-20(32,33)12-3-1-11(2-4-12)17(23)29-24/h1-10,32-35H,24H2,(H2,23,29)(H,27,30)(H,28,31). The summed E-state index contributed by atoms with van der Waals surface area (Å²) < 4.78 is 13.1. The molecule has 0 saturated heterocycles. The van der Waals surface area contributed by atoms with Crippen LogP contribution in [0.15, 0.2) is 66.0 Å². The average molecular weight is 485 g/mol. The molecule has 0 aliphatic carbocycles. The summed E-state index contributed by atoms with van der Waals surface area (Å²) in [5.41, 5.74) is 4.67. The smallest absolute Gasteiger partial charge is 0.275 e. The molecule has 182 valence electrons. The van der Waals surface area contributed by atoms with Gasteiger partial charge < -0.3 is 32.0 Å². The Kier molecular flexibility index (Phi) is 7.02. The lowest BCUT2D eigenvalue weighted by Gasteiger charge is -2.24. The highest BCUT2D eigenvalue weighted by Crippen LogP contribution is 2.18. The van der Waals surface area contributed by atoms with Crippen LogP contribution in [0, 0.1) is 5.82 Å². The number of nitrogens with two attached hydrogens (primary N) is 2.